The second kappa shape index (κ2) is 6.14. The van der Waals surface area contributed by atoms with Crippen LogP contribution in [0.3, 0.4) is 0 Å². The second-order valence-corrected chi connectivity index (χ2v) is 5.95. The molecule has 0 aromatic carbocycles. The first-order chi connectivity index (χ1) is 9.78. The minimum absolute atomic E-state index is 0.792. The number of hydrogen-bond donors (Lipinski definition) is 0. The summed E-state index contributed by atoms with van der Waals surface area (Å²) in [6, 6.07) is 0. The number of fused-ring (bicyclic) bond motifs is 1. The minimum Gasteiger partial charge on any atom is -0.480 e. The topological polar surface area (TPSA) is 39.5 Å². The Hall–Kier alpha value is -1.07. The van der Waals surface area contributed by atoms with Crippen LogP contribution in [0.4, 0.5) is 0 Å². The van der Waals surface area contributed by atoms with Gasteiger partial charge in [0.1, 0.15) is 0 Å². The molecule has 0 saturated carbocycles. The molecule has 0 unspecified atom stereocenters. The van der Waals surface area contributed by atoms with Crippen molar-refractivity contribution in [3.8, 4) is 5.88 Å². The molecule has 0 atom stereocenters. The standard InChI is InChI=1S/C15H25N3O2/c1-17-14-11-18(10-12-5-8-20-9-6-12)7-3-4-13(14)15(16-17)19-2/h12H,3-11H2,1-2H3. The molecule has 1 fully saturated rings. The highest BCUT2D eigenvalue weighted by Gasteiger charge is 2.24. The summed E-state index contributed by atoms with van der Waals surface area (Å²) in [5, 5.41) is 4.48. The molecular formula is C15H25N3O2. The molecule has 112 valence electrons. The lowest BCUT2D eigenvalue weighted by atomic mass is 9.99. The summed E-state index contributed by atoms with van der Waals surface area (Å²) in [6.45, 7) is 5.23. The Morgan fingerprint density at radius 3 is 2.90 bits per heavy atom. The van der Waals surface area contributed by atoms with Gasteiger partial charge in [0.05, 0.1) is 12.8 Å². The van der Waals surface area contributed by atoms with Gasteiger partial charge in [0.15, 0.2) is 0 Å². The number of rotatable bonds is 3. The van der Waals surface area contributed by atoms with Crippen LogP contribution in [0.5, 0.6) is 5.88 Å². The van der Waals surface area contributed by atoms with Crippen molar-refractivity contribution in [2.45, 2.75) is 32.2 Å². The fourth-order valence-corrected chi connectivity index (χ4v) is 3.41. The van der Waals surface area contributed by atoms with Gasteiger partial charge in [0.2, 0.25) is 5.88 Å². The molecule has 1 saturated heterocycles. The van der Waals surface area contributed by atoms with Gasteiger partial charge in [-0.25, -0.2) is 0 Å². The van der Waals surface area contributed by atoms with E-state index in [1.54, 1.807) is 7.11 Å². The van der Waals surface area contributed by atoms with Gasteiger partial charge in [0.25, 0.3) is 0 Å². The maximum atomic E-state index is 5.46. The van der Waals surface area contributed by atoms with Crippen molar-refractivity contribution in [3.05, 3.63) is 11.3 Å². The van der Waals surface area contributed by atoms with Crippen molar-refractivity contribution in [3.63, 3.8) is 0 Å². The van der Waals surface area contributed by atoms with E-state index < -0.39 is 0 Å². The Morgan fingerprint density at radius 2 is 2.15 bits per heavy atom. The molecule has 5 nitrogen and oxygen atoms in total. The predicted octanol–water partition coefficient (Wildman–Crippen LogP) is 1.60. The Kier molecular flexibility index (Phi) is 4.27. The third-order valence-corrected chi connectivity index (χ3v) is 4.56. The first-order valence-corrected chi connectivity index (χ1v) is 7.66. The van der Waals surface area contributed by atoms with E-state index in [4.69, 9.17) is 9.47 Å². The largest absolute Gasteiger partial charge is 0.480 e. The highest BCUT2D eigenvalue weighted by molar-refractivity contribution is 5.32. The van der Waals surface area contributed by atoms with Crippen molar-refractivity contribution in [1.29, 1.82) is 0 Å². The van der Waals surface area contributed by atoms with Gasteiger partial charge in [-0.3, -0.25) is 9.58 Å². The van der Waals surface area contributed by atoms with Crippen LogP contribution in [0.15, 0.2) is 0 Å². The molecule has 0 aliphatic carbocycles. The zero-order chi connectivity index (χ0) is 13.9. The third-order valence-electron chi connectivity index (χ3n) is 4.56. The van der Waals surface area contributed by atoms with Crippen LogP contribution in [-0.4, -0.2) is 48.1 Å². The lowest BCUT2D eigenvalue weighted by Crippen LogP contribution is -2.32. The van der Waals surface area contributed by atoms with E-state index in [9.17, 15) is 0 Å². The number of methoxy groups -OCH3 is 1. The number of nitrogens with zero attached hydrogens (tertiary/aromatic N) is 3. The Labute approximate surface area is 120 Å². The zero-order valence-corrected chi connectivity index (χ0v) is 12.6. The molecule has 1 aromatic rings. The van der Waals surface area contributed by atoms with E-state index >= 15 is 0 Å². The fourth-order valence-electron chi connectivity index (χ4n) is 3.41. The number of ether oxygens (including phenoxy) is 2. The number of hydrogen-bond acceptors (Lipinski definition) is 4. The molecule has 0 bridgehead atoms. The molecule has 0 radical (unpaired) electrons. The molecule has 1 aromatic heterocycles. The fraction of sp³-hybridized carbons (Fsp3) is 0.800. The molecule has 3 rings (SSSR count). The summed E-state index contributed by atoms with van der Waals surface area (Å²) in [6.07, 6.45) is 4.69. The first-order valence-electron chi connectivity index (χ1n) is 7.66. The van der Waals surface area contributed by atoms with E-state index in [1.807, 2.05) is 11.7 Å². The van der Waals surface area contributed by atoms with Gasteiger partial charge < -0.3 is 9.47 Å². The second-order valence-electron chi connectivity index (χ2n) is 5.95. The van der Waals surface area contributed by atoms with Gasteiger partial charge in [0, 0.05) is 38.9 Å². The van der Waals surface area contributed by atoms with E-state index in [0.717, 1.165) is 38.0 Å². The van der Waals surface area contributed by atoms with Gasteiger partial charge in [-0.1, -0.05) is 0 Å². The maximum absolute atomic E-state index is 5.46. The highest BCUT2D eigenvalue weighted by atomic mass is 16.5. The molecule has 20 heavy (non-hydrogen) atoms. The van der Waals surface area contributed by atoms with E-state index in [0.29, 0.717) is 0 Å². The molecule has 3 heterocycles. The van der Waals surface area contributed by atoms with Crippen LogP contribution >= 0.6 is 0 Å². The average molecular weight is 279 g/mol. The Morgan fingerprint density at radius 1 is 1.35 bits per heavy atom. The molecule has 0 N–H and O–H groups in total. The SMILES string of the molecule is COc1nn(C)c2c1CCCN(CC1CCOCC1)C2. The highest BCUT2D eigenvalue weighted by Crippen LogP contribution is 2.27. The number of aryl methyl sites for hydroxylation is 1. The van der Waals surface area contributed by atoms with E-state index in [-0.39, 0.29) is 0 Å². The van der Waals surface area contributed by atoms with Gasteiger partial charge in [-0.15, -0.1) is 5.10 Å². The van der Waals surface area contributed by atoms with E-state index in [1.165, 1.54) is 43.6 Å². The lowest BCUT2D eigenvalue weighted by Gasteiger charge is -2.28. The Balaban J connectivity index is 1.70. The monoisotopic (exact) mass is 279 g/mol. The van der Waals surface area contributed by atoms with Crippen LogP contribution in [0.25, 0.3) is 0 Å². The number of aromatic nitrogens is 2. The summed E-state index contributed by atoms with van der Waals surface area (Å²) in [5.74, 6) is 1.61. The van der Waals surface area contributed by atoms with Crippen LogP contribution < -0.4 is 4.74 Å². The predicted molar refractivity (Wildman–Crippen MR) is 76.9 cm³/mol. The third kappa shape index (κ3) is 2.83. The van der Waals surface area contributed by atoms with Crippen molar-refractivity contribution in [2.24, 2.45) is 13.0 Å². The van der Waals surface area contributed by atoms with Gasteiger partial charge in [-0.2, -0.15) is 0 Å². The minimum atomic E-state index is 0.792. The average Bonchev–Trinajstić information content (AvgIpc) is 2.64. The van der Waals surface area contributed by atoms with Crippen molar-refractivity contribution >= 4 is 0 Å². The van der Waals surface area contributed by atoms with Crippen LogP contribution in [-0.2, 0) is 24.8 Å². The summed E-state index contributed by atoms with van der Waals surface area (Å²) in [5.41, 5.74) is 2.64. The lowest BCUT2D eigenvalue weighted by molar-refractivity contribution is 0.0513. The van der Waals surface area contributed by atoms with Crippen LogP contribution in [0.2, 0.25) is 0 Å². The maximum Gasteiger partial charge on any atom is 0.236 e. The van der Waals surface area contributed by atoms with Crippen molar-refractivity contribution in [2.75, 3.05) is 33.4 Å². The molecular weight excluding hydrogens is 254 g/mol. The van der Waals surface area contributed by atoms with Crippen molar-refractivity contribution < 1.29 is 9.47 Å². The van der Waals surface area contributed by atoms with Gasteiger partial charge >= 0.3 is 0 Å². The molecule has 2 aliphatic heterocycles. The molecule has 5 heteroatoms. The Bertz CT molecular complexity index is 452. The smallest absolute Gasteiger partial charge is 0.236 e. The molecule has 0 amide bonds. The quantitative estimate of drug-likeness (QED) is 0.842. The summed E-state index contributed by atoms with van der Waals surface area (Å²) in [4.78, 5) is 2.59. The molecule has 2 aliphatic rings. The van der Waals surface area contributed by atoms with Crippen LogP contribution in [0, 0.1) is 5.92 Å². The summed E-state index contributed by atoms with van der Waals surface area (Å²) >= 11 is 0. The summed E-state index contributed by atoms with van der Waals surface area (Å²) in [7, 11) is 3.74. The summed E-state index contributed by atoms with van der Waals surface area (Å²) < 4.78 is 12.9. The van der Waals surface area contributed by atoms with Crippen molar-refractivity contribution in [1.82, 2.24) is 14.7 Å². The van der Waals surface area contributed by atoms with E-state index in [2.05, 4.69) is 10.00 Å². The van der Waals surface area contributed by atoms with Crippen LogP contribution in [0.1, 0.15) is 30.5 Å². The van der Waals surface area contributed by atoms with Gasteiger partial charge in [-0.05, 0) is 38.1 Å². The first kappa shape index (κ1) is 13.9. The zero-order valence-electron chi connectivity index (χ0n) is 12.6. The normalized spacial score (nSPS) is 21.5. The molecule has 0 spiro atoms.